The summed E-state index contributed by atoms with van der Waals surface area (Å²) in [7, 11) is 3.52. The number of hydrogen-bond acceptors (Lipinski definition) is 3. The van der Waals surface area contributed by atoms with E-state index in [0.717, 1.165) is 42.8 Å². The SMILES string of the molecule is COc1ccc(C2(C(=O)N(C)Cc3ccc(Br)o3)CCCCC2)cc1. The first kappa shape index (κ1) is 18.1. The van der Waals surface area contributed by atoms with Crippen molar-refractivity contribution in [3.05, 3.63) is 52.4 Å². The summed E-state index contributed by atoms with van der Waals surface area (Å²) in [5.74, 6) is 1.77. The third-order valence-corrected chi connectivity index (χ3v) is 5.55. The number of ether oxygens (including phenoxy) is 1. The number of carbonyl (C=O) groups is 1. The molecule has 1 aromatic heterocycles. The van der Waals surface area contributed by atoms with Crippen molar-refractivity contribution in [2.75, 3.05) is 14.2 Å². The number of hydrogen-bond donors (Lipinski definition) is 0. The molecule has 5 heteroatoms. The Morgan fingerprint density at radius 2 is 1.84 bits per heavy atom. The van der Waals surface area contributed by atoms with E-state index in [1.165, 1.54) is 6.42 Å². The Balaban J connectivity index is 1.86. The molecule has 25 heavy (non-hydrogen) atoms. The molecule has 1 aliphatic carbocycles. The number of rotatable bonds is 5. The van der Waals surface area contributed by atoms with E-state index in [-0.39, 0.29) is 5.91 Å². The van der Waals surface area contributed by atoms with Crippen LogP contribution in [0.4, 0.5) is 0 Å². The number of benzene rings is 1. The van der Waals surface area contributed by atoms with Crippen LogP contribution in [0.2, 0.25) is 0 Å². The van der Waals surface area contributed by atoms with E-state index in [1.54, 1.807) is 12.0 Å². The van der Waals surface area contributed by atoms with E-state index >= 15 is 0 Å². The number of methoxy groups -OCH3 is 1. The van der Waals surface area contributed by atoms with Crippen LogP contribution < -0.4 is 4.74 Å². The van der Waals surface area contributed by atoms with Gasteiger partial charge in [0, 0.05) is 7.05 Å². The Bertz CT molecular complexity index is 717. The lowest BCUT2D eigenvalue weighted by atomic mass is 9.68. The summed E-state index contributed by atoms with van der Waals surface area (Å²) >= 11 is 3.31. The molecule has 1 aliphatic rings. The lowest BCUT2D eigenvalue weighted by Crippen LogP contribution is -2.46. The predicted octanol–water partition coefficient (Wildman–Crippen LogP) is 4.91. The molecular weight excluding hydrogens is 382 g/mol. The molecule has 1 amide bonds. The van der Waals surface area contributed by atoms with Crippen LogP contribution in [0.25, 0.3) is 0 Å². The van der Waals surface area contributed by atoms with Crippen LogP contribution in [0.3, 0.4) is 0 Å². The lowest BCUT2D eigenvalue weighted by Gasteiger charge is -2.39. The topological polar surface area (TPSA) is 42.7 Å². The molecule has 1 heterocycles. The minimum absolute atomic E-state index is 0.171. The average Bonchev–Trinajstić information content (AvgIpc) is 3.06. The molecule has 0 bridgehead atoms. The van der Waals surface area contributed by atoms with Gasteiger partial charge in [-0.2, -0.15) is 0 Å². The van der Waals surface area contributed by atoms with E-state index in [1.807, 2.05) is 43.4 Å². The normalized spacial score (nSPS) is 16.4. The Labute approximate surface area is 157 Å². The predicted molar refractivity (Wildman–Crippen MR) is 101 cm³/mol. The molecule has 0 spiro atoms. The van der Waals surface area contributed by atoms with Crippen LogP contribution in [0.5, 0.6) is 5.75 Å². The van der Waals surface area contributed by atoms with E-state index in [0.29, 0.717) is 11.2 Å². The molecule has 0 aliphatic heterocycles. The fourth-order valence-corrected chi connectivity index (χ4v) is 4.14. The van der Waals surface area contributed by atoms with Crippen LogP contribution in [0.15, 0.2) is 45.5 Å². The molecule has 3 rings (SSSR count). The smallest absolute Gasteiger partial charge is 0.233 e. The molecule has 134 valence electrons. The van der Waals surface area contributed by atoms with E-state index < -0.39 is 5.41 Å². The first-order chi connectivity index (χ1) is 12.0. The van der Waals surface area contributed by atoms with Gasteiger partial charge in [-0.1, -0.05) is 31.4 Å². The number of nitrogens with zero attached hydrogens (tertiary/aromatic N) is 1. The van der Waals surface area contributed by atoms with Crippen molar-refractivity contribution in [3.8, 4) is 5.75 Å². The zero-order valence-corrected chi connectivity index (χ0v) is 16.3. The van der Waals surface area contributed by atoms with E-state index in [2.05, 4.69) is 15.9 Å². The van der Waals surface area contributed by atoms with Crippen molar-refractivity contribution in [2.45, 2.75) is 44.1 Å². The van der Waals surface area contributed by atoms with Gasteiger partial charge in [-0.05, 0) is 58.6 Å². The quantitative estimate of drug-likeness (QED) is 0.709. The van der Waals surface area contributed by atoms with Gasteiger partial charge in [0.25, 0.3) is 0 Å². The van der Waals surface area contributed by atoms with Crippen molar-refractivity contribution >= 4 is 21.8 Å². The summed E-state index contributed by atoms with van der Waals surface area (Å²) in [6, 6.07) is 11.7. The fourth-order valence-electron chi connectivity index (χ4n) is 3.80. The monoisotopic (exact) mass is 405 g/mol. The zero-order valence-electron chi connectivity index (χ0n) is 14.8. The molecule has 2 aromatic rings. The van der Waals surface area contributed by atoms with Gasteiger partial charge >= 0.3 is 0 Å². The largest absolute Gasteiger partial charge is 0.497 e. The Hall–Kier alpha value is -1.75. The second kappa shape index (κ2) is 7.65. The van der Waals surface area contributed by atoms with Gasteiger partial charge in [-0.3, -0.25) is 4.79 Å². The molecule has 1 saturated carbocycles. The summed E-state index contributed by atoms with van der Waals surface area (Å²) in [6.45, 7) is 0.475. The molecule has 0 saturated heterocycles. The number of amides is 1. The third-order valence-electron chi connectivity index (χ3n) is 5.13. The zero-order chi connectivity index (χ0) is 17.9. The molecule has 0 atom stereocenters. The second-order valence-electron chi connectivity index (χ2n) is 6.74. The number of furan rings is 1. The molecule has 4 nitrogen and oxygen atoms in total. The van der Waals surface area contributed by atoms with Gasteiger partial charge in [0.2, 0.25) is 5.91 Å². The molecule has 1 aromatic carbocycles. The second-order valence-corrected chi connectivity index (χ2v) is 7.52. The van der Waals surface area contributed by atoms with Crippen LogP contribution >= 0.6 is 15.9 Å². The van der Waals surface area contributed by atoms with E-state index in [9.17, 15) is 4.79 Å². The lowest BCUT2D eigenvalue weighted by molar-refractivity contribution is -0.138. The maximum Gasteiger partial charge on any atom is 0.233 e. The fraction of sp³-hybridized carbons (Fsp3) is 0.450. The highest BCUT2D eigenvalue weighted by molar-refractivity contribution is 9.10. The van der Waals surface area contributed by atoms with Crippen molar-refractivity contribution in [1.82, 2.24) is 4.90 Å². The van der Waals surface area contributed by atoms with Gasteiger partial charge in [0.1, 0.15) is 11.5 Å². The maximum atomic E-state index is 13.4. The molecule has 0 unspecified atom stereocenters. The summed E-state index contributed by atoms with van der Waals surface area (Å²) in [6.07, 6.45) is 5.14. The van der Waals surface area contributed by atoms with Crippen LogP contribution in [-0.4, -0.2) is 25.0 Å². The van der Waals surface area contributed by atoms with Crippen molar-refractivity contribution in [2.24, 2.45) is 0 Å². The minimum Gasteiger partial charge on any atom is -0.497 e. The van der Waals surface area contributed by atoms with Gasteiger partial charge < -0.3 is 14.1 Å². The first-order valence-electron chi connectivity index (χ1n) is 8.69. The number of halogens is 1. The van der Waals surface area contributed by atoms with Gasteiger partial charge in [-0.15, -0.1) is 0 Å². The highest BCUT2D eigenvalue weighted by atomic mass is 79.9. The van der Waals surface area contributed by atoms with Crippen molar-refractivity contribution in [1.29, 1.82) is 0 Å². The van der Waals surface area contributed by atoms with Crippen molar-refractivity contribution < 1.29 is 13.9 Å². The van der Waals surface area contributed by atoms with Crippen LogP contribution in [0, 0.1) is 0 Å². The molecular formula is C20H24BrNO3. The van der Waals surface area contributed by atoms with Gasteiger partial charge in [0.05, 0.1) is 19.1 Å². The van der Waals surface area contributed by atoms with Crippen LogP contribution in [-0.2, 0) is 16.8 Å². The summed E-state index contributed by atoms with van der Waals surface area (Å²) < 4.78 is 11.5. The Morgan fingerprint density at radius 1 is 1.16 bits per heavy atom. The molecule has 1 fully saturated rings. The standard InChI is InChI=1S/C20H24BrNO3/c1-22(14-17-10-11-18(21)25-17)19(23)20(12-4-3-5-13-20)15-6-8-16(24-2)9-7-15/h6-11H,3-5,12-14H2,1-2H3. The highest BCUT2D eigenvalue weighted by Crippen LogP contribution is 2.41. The van der Waals surface area contributed by atoms with Crippen molar-refractivity contribution in [3.63, 3.8) is 0 Å². The Kier molecular flexibility index (Phi) is 5.52. The first-order valence-corrected chi connectivity index (χ1v) is 9.49. The van der Waals surface area contributed by atoms with Gasteiger partial charge in [-0.25, -0.2) is 0 Å². The van der Waals surface area contributed by atoms with Crippen LogP contribution in [0.1, 0.15) is 43.4 Å². The minimum atomic E-state index is -0.441. The number of carbonyl (C=O) groups excluding carboxylic acids is 1. The maximum absolute atomic E-state index is 13.4. The molecule has 0 radical (unpaired) electrons. The number of likely N-dealkylation sites (N-methyl/N-ethyl adjacent to an activating group) is 1. The summed E-state index contributed by atoms with van der Waals surface area (Å²) in [5.41, 5.74) is 0.647. The molecule has 0 N–H and O–H groups in total. The Morgan fingerprint density at radius 3 is 2.40 bits per heavy atom. The summed E-state index contributed by atoms with van der Waals surface area (Å²) in [4.78, 5) is 15.2. The summed E-state index contributed by atoms with van der Waals surface area (Å²) in [5, 5.41) is 0. The average molecular weight is 406 g/mol. The third kappa shape index (κ3) is 3.76. The van der Waals surface area contributed by atoms with E-state index in [4.69, 9.17) is 9.15 Å². The highest BCUT2D eigenvalue weighted by Gasteiger charge is 2.42. The van der Waals surface area contributed by atoms with Gasteiger partial charge in [0.15, 0.2) is 4.67 Å².